The second kappa shape index (κ2) is 7.05. The standard InChI is InChI=1S/C17H17F3N2O2S/c18-17(19,20)24-13-3-1-12(2-4-13)14-5-6-15(25-14)16(23)22-8-7-11(9-21)10-22/h1-6,11H,7-10,21H2. The fourth-order valence-corrected chi connectivity index (χ4v) is 3.77. The quantitative estimate of drug-likeness (QED) is 0.892. The summed E-state index contributed by atoms with van der Waals surface area (Å²) in [6.07, 6.45) is -3.79. The molecule has 2 N–H and O–H groups in total. The van der Waals surface area contributed by atoms with E-state index >= 15 is 0 Å². The molecule has 1 aliphatic rings. The van der Waals surface area contributed by atoms with Gasteiger partial charge in [0.1, 0.15) is 5.75 Å². The lowest BCUT2D eigenvalue weighted by Crippen LogP contribution is -2.29. The zero-order valence-corrected chi connectivity index (χ0v) is 14.1. The third-order valence-electron chi connectivity index (χ3n) is 4.10. The van der Waals surface area contributed by atoms with E-state index in [-0.39, 0.29) is 11.7 Å². The van der Waals surface area contributed by atoms with Crippen molar-refractivity contribution in [1.29, 1.82) is 0 Å². The van der Waals surface area contributed by atoms with Crippen LogP contribution in [-0.4, -0.2) is 36.8 Å². The molecule has 0 radical (unpaired) electrons. The van der Waals surface area contributed by atoms with E-state index in [2.05, 4.69) is 4.74 Å². The van der Waals surface area contributed by atoms with E-state index < -0.39 is 6.36 Å². The van der Waals surface area contributed by atoms with Gasteiger partial charge in [0.2, 0.25) is 0 Å². The number of thiophene rings is 1. The van der Waals surface area contributed by atoms with Crippen LogP contribution in [0.3, 0.4) is 0 Å². The Bertz CT molecular complexity index is 743. The van der Waals surface area contributed by atoms with Crippen LogP contribution in [0.15, 0.2) is 36.4 Å². The lowest BCUT2D eigenvalue weighted by Gasteiger charge is -2.14. The van der Waals surface area contributed by atoms with Gasteiger partial charge in [0.05, 0.1) is 4.88 Å². The van der Waals surface area contributed by atoms with Crippen LogP contribution < -0.4 is 10.5 Å². The number of nitrogens with two attached hydrogens (primary N) is 1. The Hall–Kier alpha value is -2.06. The summed E-state index contributed by atoms with van der Waals surface area (Å²) >= 11 is 1.32. The van der Waals surface area contributed by atoms with E-state index in [0.717, 1.165) is 16.9 Å². The Labute approximate surface area is 147 Å². The van der Waals surface area contributed by atoms with Gasteiger partial charge in [0.25, 0.3) is 5.91 Å². The second-order valence-corrected chi connectivity index (χ2v) is 6.96. The van der Waals surface area contributed by atoms with Crippen LogP contribution in [0.2, 0.25) is 0 Å². The summed E-state index contributed by atoms with van der Waals surface area (Å²) in [6, 6.07) is 9.15. The molecule has 134 valence electrons. The molecule has 1 aromatic heterocycles. The summed E-state index contributed by atoms with van der Waals surface area (Å²) in [5.41, 5.74) is 6.39. The molecule has 2 heterocycles. The molecule has 0 saturated carbocycles. The van der Waals surface area contributed by atoms with Crippen LogP contribution in [0.5, 0.6) is 5.75 Å². The number of alkyl halides is 3. The van der Waals surface area contributed by atoms with Gasteiger partial charge in [-0.2, -0.15) is 0 Å². The molecule has 1 amide bonds. The van der Waals surface area contributed by atoms with Gasteiger partial charge in [-0.3, -0.25) is 4.79 Å². The SMILES string of the molecule is NCC1CCN(C(=O)c2ccc(-c3ccc(OC(F)(F)F)cc3)s2)C1. The lowest BCUT2D eigenvalue weighted by atomic mass is 10.1. The molecule has 25 heavy (non-hydrogen) atoms. The second-order valence-electron chi connectivity index (χ2n) is 5.88. The number of carbonyl (C=O) groups excluding carboxylic acids is 1. The maximum atomic E-state index is 12.5. The van der Waals surface area contributed by atoms with Crippen LogP contribution in [-0.2, 0) is 0 Å². The van der Waals surface area contributed by atoms with Gasteiger partial charge in [-0.25, -0.2) is 0 Å². The summed E-state index contributed by atoms with van der Waals surface area (Å²) in [7, 11) is 0. The molecule has 0 aliphatic carbocycles. The minimum absolute atomic E-state index is 0.0239. The fourth-order valence-electron chi connectivity index (χ4n) is 2.79. The molecule has 4 nitrogen and oxygen atoms in total. The number of nitrogens with zero attached hydrogens (tertiary/aromatic N) is 1. The first-order chi connectivity index (χ1) is 11.9. The molecular formula is C17H17F3N2O2S. The molecular weight excluding hydrogens is 353 g/mol. The Morgan fingerprint density at radius 3 is 2.56 bits per heavy atom. The van der Waals surface area contributed by atoms with E-state index in [9.17, 15) is 18.0 Å². The van der Waals surface area contributed by atoms with Crippen molar-refractivity contribution in [3.8, 4) is 16.2 Å². The highest BCUT2D eigenvalue weighted by Gasteiger charge is 2.31. The molecule has 1 aliphatic heterocycles. The predicted molar refractivity (Wildman–Crippen MR) is 89.5 cm³/mol. The highest BCUT2D eigenvalue weighted by atomic mass is 32.1. The van der Waals surface area contributed by atoms with E-state index in [1.54, 1.807) is 29.2 Å². The Balaban J connectivity index is 1.70. The first kappa shape index (κ1) is 17.8. The number of hydrogen-bond donors (Lipinski definition) is 1. The van der Waals surface area contributed by atoms with E-state index in [1.165, 1.54) is 23.5 Å². The van der Waals surface area contributed by atoms with Gasteiger partial charge in [0, 0.05) is 18.0 Å². The fraction of sp³-hybridized carbons (Fsp3) is 0.353. The minimum atomic E-state index is -4.71. The van der Waals surface area contributed by atoms with Crippen molar-refractivity contribution in [2.75, 3.05) is 19.6 Å². The Morgan fingerprint density at radius 2 is 1.96 bits per heavy atom. The molecule has 2 aromatic rings. The van der Waals surface area contributed by atoms with Crippen molar-refractivity contribution >= 4 is 17.2 Å². The van der Waals surface area contributed by atoms with E-state index in [4.69, 9.17) is 5.73 Å². The van der Waals surface area contributed by atoms with Crippen LogP contribution in [0.4, 0.5) is 13.2 Å². The Morgan fingerprint density at radius 1 is 1.24 bits per heavy atom. The van der Waals surface area contributed by atoms with Crippen LogP contribution >= 0.6 is 11.3 Å². The van der Waals surface area contributed by atoms with Crippen molar-refractivity contribution in [3.63, 3.8) is 0 Å². The number of likely N-dealkylation sites (tertiary alicyclic amines) is 1. The van der Waals surface area contributed by atoms with Crippen molar-refractivity contribution in [1.82, 2.24) is 4.90 Å². The normalized spacial score (nSPS) is 17.8. The highest BCUT2D eigenvalue weighted by molar-refractivity contribution is 7.17. The zero-order chi connectivity index (χ0) is 18.0. The van der Waals surface area contributed by atoms with Crippen molar-refractivity contribution in [3.05, 3.63) is 41.3 Å². The van der Waals surface area contributed by atoms with Gasteiger partial charge in [-0.15, -0.1) is 24.5 Å². The van der Waals surface area contributed by atoms with E-state index in [1.807, 2.05) is 0 Å². The molecule has 3 rings (SSSR count). The summed E-state index contributed by atoms with van der Waals surface area (Å²) in [5.74, 6) is 0.0581. The monoisotopic (exact) mass is 370 g/mol. The molecule has 1 saturated heterocycles. The molecule has 1 unspecified atom stereocenters. The minimum Gasteiger partial charge on any atom is -0.406 e. The molecule has 0 spiro atoms. The number of ether oxygens (including phenoxy) is 1. The molecule has 1 fully saturated rings. The number of rotatable bonds is 4. The zero-order valence-electron chi connectivity index (χ0n) is 13.3. The first-order valence-corrected chi connectivity index (χ1v) is 8.63. The van der Waals surface area contributed by atoms with Crippen LogP contribution in [0, 0.1) is 5.92 Å². The number of halogens is 3. The third-order valence-corrected chi connectivity index (χ3v) is 5.22. The van der Waals surface area contributed by atoms with Gasteiger partial charge in [-0.1, -0.05) is 0 Å². The topological polar surface area (TPSA) is 55.6 Å². The molecule has 1 atom stereocenters. The number of amides is 1. The average molecular weight is 370 g/mol. The number of benzene rings is 1. The summed E-state index contributed by atoms with van der Waals surface area (Å²) in [5, 5.41) is 0. The number of hydrogen-bond acceptors (Lipinski definition) is 4. The molecule has 1 aromatic carbocycles. The van der Waals surface area contributed by atoms with Gasteiger partial charge in [0.15, 0.2) is 0 Å². The largest absolute Gasteiger partial charge is 0.573 e. The van der Waals surface area contributed by atoms with Crippen molar-refractivity contribution in [2.45, 2.75) is 12.8 Å². The Kier molecular flexibility index (Phi) is 5.01. The average Bonchev–Trinajstić information content (AvgIpc) is 3.23. The van der Waals surface area contributed by atoms with Crippen LogP contribution in [0.1, 0.15) is 16.1 Å². The van der Waals surface area contributed by atoms with E-state index in [0.29, 0.717) is 30.4 Å². The lowest BCUT2D eigenvalue weighted by molar-refractivity contribution is -0.274. The maximum absolute atomic E-state index is 12.5. The smallest absolute Gasteiger partial charge is 0.406 e. The molecule has 8 heteroatoms. The predicted octanol–water partition coefficient (Wildman–Crippen LogP) is 3.73. The van der Waals surface area contributed by atoms with Gasteiger partial charge >= 0.3 is 6.36 Å². The van der Waals surface area contributed by atoms with Gasteiger partial charge in [-0.05, 0) is 60.8 Å². The number of carbonyl (C=O) groups is 1. The van der Waals surface area contributed by atoms with Gasteiger partial charge < -0.3 is 15.4 Å². The van der Waals surface area contributed by atoms with Crippen molar-refractivity contribution < 1.29 is 22.7 Å². The summed E-state index contributed by atoms with van der Waals surface area (Å²) in [4.78, 5) is 15.7. The summed E-state index contributed by atoms with van der Waals surface area (Å²) in [6.45, 7) is 1.95. The first-order valence-electron chi connectivity index (χ1n) is 7.81. The summed E-state index contributed by atoms with van der Waals surface area (Å²) < 4.78 is 40.4. The van der Waals surface area contributed by atoms with Crippen molar-refractivity contribution in [2.24, 2.45) is 11.7 Å². The molecule has 0 bridgehead atoms. The highest BCUT2D eigenvalue weighted by Crippen LogP contribution is 2.32. The maximum Gasteiger partial charge on any atom is 0.573 e. The van der Waals surface area contributed by atoms with Crippen LogP contribution in [0.25, 0.3) is 10.4 Å². The third kappa shape index (κ3) is 4.32.